The fourth-order valence-corrected chi connectivity index (χ4v) is 2.23. The van der Waals surface area contributed by atoms with E-state index < -0.39 is 17.7 Å². The van der Waals surface area contributed by atoms with E-state index in [4.69, 9.17) is 0 Å². The molecule has 92 valence electrons. The van der Waals surface area contributed by atoms with Crippen LogP contribution in [0.15, 0.2) is 18.2 Å². The predicted molar refractivity (Wildman–Crippen MR) is 63.5 cm³/mol. The first kappa shape index (κ1) is 12.2. The van der Waals surface area contributed by atoms with Gasteiger partial charge in [0.15, 0.2) is 0 Å². The Morgan fingerprint density at radius 1 is 1.24 bits per heavy atom. The monoisotopic (exact) mass is 238 g/mol. The van der Waals surface area contributed by atoms with Crippen LogP contribution in [0.1, 0.15) is 36.8 Å². The van der Waals surface area contributed by atoms with Crippen LogP contribution in [0.25, 0.3) is 5.57 Å². The van der Waals surface area contributed by atoms with Crippen molar-refractivity contribution < 1.29 is 13.9 Å². The van der Waals surface area contributed by atoms with Crippen LogP contribution in [-0.2, 0) is 0 Å². The van der Waals surface area contributed by atoms with Crippen molar-refractivity contribution >= 4 is 5.57 Å². The molecule has 0 aliphatic heterocycles. The van der Waals surface area contributed by atoms with E-state index in [-0.39, 0.29) is 5.56 Å². The summed E-state index contributed by atoms with van der Waals surface area (Å²) in [6.45, 7) is 1.62. The molecule has 0 aromatic heterocycles. The number of aliphatic hydroxyl groups excluding tert-OH is 1. The van der Waals surface area contributed by atoms with Crippen molar-refractivity contribution in [2.75, 3.05) is 0 Å². The Morgan fingerprint density at radius 2 is 2.00 bits per heavy atom. The lowest BCUT2D eigenvalue weighted by Crippen LogP contribution is -2.02. The summed E-state index contributed by atoms with van der Waals surface area (Å²) < 4.78 is 27.7. The van der Waals surface area contributed by atoms with Crippen molar-refractivity contribution in [2.45, 2.75) is 38.7 Å². The van der Waals surface area contributed by atoms with Crippen molar-refractivity contribution in [3.63, 3.8) is 0 Å². The normalized spacial score (nSPS) is 20.9. The zero-order valence-electron chi connectivity index (χ0n) is 9.84. The smallest absolute Gasteiger partial charge is 0.136 e. The maximum Gasteiger partial charge on any atom is 0.136 e. The molecular weight excluding hydrogens is 222 g/mol. The Balaban J connectivity index is 2.48. The maximum absolute atomic E-state index is 13.9. The van der Waals surface area contributed by atoms with Crippen molar-refractivity contribution in [1.29, 1.82) is 0 Å². The maximum atomic E-state index is 13.9. The van der Waals surface area contributed by atoms with Gasteiger partial charge < -0.3 is 5.11 Å². The Labute approximate surface area is 99.8 Å². The van der Waals surface area contributed by atoms with E-state index in [2.05, 4.69) is 0 Å². The molecular formula is C14H16F2O. The summed E-state index contributed by atoms with van der Waals surface area (Å²) in [6.07, 6.45) is 4.03. The predicted octanol–water partition coefficient (Wildman–Crippen LogP) is 3.59. The Morgan fingerprint density at radius 3 is 2.76 bits per heavy atom. The fourth-order valence-electron chi connectivity index (χ4n) is 2.23. The van der Waals surface area contributed by atoms with Crippen LogP contribution in [0, 0.1) is 18.6 Å². The number of aryl methyl sites for hydroxylation is 1. The van der Waals surface area contributed by atoms with E-state index >= 15 is 0 Å². The molecule has 1 unspecified atom stereocenters. The largest absolute Gasteiger partial charge is 0.389 e. The van der Waals surface area contributed by atoms with E-state index in [0.29, 0.717) is 24.0 Å². The molecule has 0 saturated carbocycles. The highest BCUT2D eigenvalue weighted by Crippen LogP contribution is 2.30. The third kappa shape index (κ3) is 2.55. The summed E-state index contributed by atoms with van der Waals surface area (Å²) in [6, 6.07) is 2.72. The average Bonchev–Trinajstić information content (AvgIpc) is 2.49. The second-order valence-electron chi connectivity index (χ2n) is 4.56. The summed E-state index contributed by atoms with van der Waals surface area (Å²) in [4.78, 5) is 0. The van der Waals surface area contributed by atoms with E-state index in [0.717, 1.165) is 12.8 Å². The molecule has 0 radical (unpaired) electrons. The molecule has 17 heavy (non-hydrogen) atoms. The van der Waals surface area contributed by atoms with Crippen LogP contribution in [0.2, 0.25) is 0 Å². The minimum Gasteiger partial charge on any atom is -0.389 e. The van der Waals surface area contributed by atoms with Crippen LogP contribution < -0.4 is 0 Å². The molecule has 1 aliphatic rings. The number of aliphatic hydroxyl groups is 1. The van der Waals surface area contributed by atoms with Gasteiger partial charge in [0.1, 0.15) is 11.6 Å². The third-order valence-corrected chi connectivity index (χ3v) is 3.19. The van der Waals surface area contributed by atoms with Crippen molar-refractivity contribution in [3.05, 3.63) is 41.0 Å². The molecule has 1 aromatic rings. The minimum absolute atomic E-state index is 0.0333. The Bertz CT molecular complexity index is 452. The van der Waals surface area contributed by atoms with Crippen molar-refractivity contribution in [1.82, 2.24) is 0 Å². The Kier molecular flexibility index (Phi) is 3.57. The number of hydrogen-bond donors (Lipinski definition) is 1. The van der Waals surface area contributed by atoms with Crippen LogP contribution in [0.5, 0.6) is 0 Å². The van der Waals surface area contributed by atoms with Crippen LogP contribution >= 0.6 is 0 Å². The standard InChI is InChI=1S/C14H16F2O/c1-9-6-7-12(15)13(14(9)16)10-4-2-3-5-11(17)8-10/h6-8,11,17H,2-5H2,1H3. The molecule has 1 aromatic carbocycles. The van der Waals surface area contributed by atoms with Crippen LogP contribution in [-0.4, -0.2) is 11.2 Å². The van der Waals surface area contributed by atoms with Crippen LogP contribution in [0.4, 0.5) is 8.78 Å². The lowest BCUT2D eigenvalue weighted by atomic mass is 9.98. The molecule has 3 heteroatoms. The van der Waals surface area contributed by atoms with Gasteiger partial charge in [-0.2, -0.15) is 0 Å². The summed E-state index contributed by atoms with van der Waals surface area (Å²) in [7, 11) is 0. The van der Waals surface area contributed by atoms with E-state index in [1.54, 1.807) is 13.0 Å². The zero-order valence-corrected chi connectivity index (χ0v) is 9.84. The van der Waals surface area contributed by atoms with Crippen molar-refractivity contribution in [3.8, 4) is 0 Å². The highest BCUT2D eigenvalue weighted by atomic mass is 19.1. The van der Waals surface area contributed by atoms with Gasteiger partial charge in [0.25, 0.3) is 0 Å². The summed E-state index contributed by atoms with van der Waals surface area (Å²) in [5, 5.41) is 9.65. The molecule has 0 saturated heterocycles. The molecule has 0 amide bonds. The molecule has 0 fully saturated rings. The topological polar surface area (TPSA) is 20.2 Å². The lowest BCUT2D eigenvalue weighted by molar-refractivity contribution is 0.211. The SMILES string of the molecule is Cc1ccc(F)c(C2=CC(O)CCCC2)c1F. The van der Waals surface area contributed by atoms with E-state index in [9.17, 15) is 13.9 Å². The lowest BCUT2D eigenvalue weighted by Gasteiger charge is -2.11. The van der Waals surface area contributed by atoms with Gasteiger partial charge in [-0.1, -0.05) is 18.6 Å². The highest BCUT2D eigenvalue weighted by Gasteiger charge is 2.18. The van der Waals surface area contributed by atoms with E-state index in [1.165, 1.54) is 12.1 Å². The second-order valence-corrected chi connectivity index (χ2v) is 4.56. The number of benzene rings is 1. The number of hydrogen-bond acceptors (Lipinski definition) is 1. The minimum atomic E-state index is -0.591. The van der Waals surface area contributed by atoms with Gasteiger partial charge in [-0.05, 0) is 43.4 Å². The first-order valence-electron chi connectivity index (χ1n) is 5.93. The molecule has 0 spiro atoms. The molecule has 0 bridgehead atoms. The number of allylic oxidation sites excluding steroid dienone is 1. The van der Waals surface area contributed by atoms with Gasteiger partial charge in [-0.25, -0.2) is 8.78 Å². The highest BCUT2D eigenvalue weighted by molar-refractivity contribution is 5.68. The van der Waals surface area contributed by atoms with Gasteiger partial charge in [-0.3, -0.25) is 0 Å². The summed E-state index contributed by atoms with van der Waals surface area (Å²) >= 11 is 0. The average molecular weight is 238 g/mol. The molecule has 1 atom stereocenters. The third-order valence-electron chi connectivity index (χ3n) is 3.19. The van der Waals surface area contributed by atoms with E-state index in [1.807, 2.05) is 0 Å². The van der Waals surface area contributed by atoms with Crippen LogP contribution in [0.3, 0.4) is 0 Å². The first-order valence-corrected chi connectivity index (χ1v) is 5.93. The number of halogens is 2. The molecule has 0 heterocycles. The van der Waals surface area contributed by atoms with Gasteiger partial charge in [0.2, 0.25) is 0 Å². The van der Waals surface area contributed by atoms with Crippen molar-refractivity contribution in [2.24, 2.45) is 0 Å². The first-order chi connectivity index (χ1) is 8.09. The summed E-state index contributed by atoms with van der Waals surface area (Å²) in [5.74, 6) is -1.06. The summed E-state index contributed by atoms with van der Waals surface area (Å²) in [5.41, 5.74) is 1.06. The van der Waals surface area contributed by atoms with Gasteiger partial charge >= 0.3 is 0 Å². The van der Waals surface area contributed by atoms with Gasteiger partial charge in [0.05, 0.1) is 6.10 Å². The second kappa shape index (κ2) is 4.96. The molecule has 1 aliphatic carbocycles. The van der Waals surface area contributed by atoms with Gasteiger partial charge in [-0.15, -0.1) is 0 Å². The quantitative estimate of drug-likeness (QED) is 0.792. The number of rotatable bonds is 1. The zero-order chi connectivity index (χ0) is 12.4. The molecule has 2 rings (SSSR count). The van der Waals surface area contributed by atoms with Gasteiger partial charge in [0, 0.05) is 5.56 Å². The fraction of sp³-hybridized carbons (Fsp3) is 0.429. The molecule has 1 nitrogen and oxygen atoms in total. The Hall–Kier alpha value is -1.22. The molecule has 1 N–H and O–H groups in total.